The fourth-order valence-electron chi connectivity index (χ4n) is 2.17. The van der Waals surface area contributed by atoms with Crippen LogP contribution in [0.4, 0.5) is 4.39 Å². The molecule has 0 aromatic heterocycles. The molecule has 1 aliphatic rings. The predicted molar refractivity (Wildman–Crippen MR) is 69.1 cm³/mol. The topological polar surface area (TPSA) is 47.3 Å². The van der Waals surface area contributed by atoms with Crippen molar-refractivity contribution in [3.8, 4) is 6.07 Å². The van der Waals surface area contributed by atoms with Crippen LogP contribution in [0.1, 0.15) is 15.9 Å². The van der Waals surface area contributed by atoms with Gasteiger partial charge in [-0.1, -0.05) is 6.07 Å². The molecule has 1 aliphatic heterocycles. The van der Waals surface area contributed by atoms with Gasteiger partial charge in [-0.2, -0.15) is 5.26 Å². The second kappa shape index (κ2) is 5.81. The van der Waals surface area contributed by atoms with E-state index in [9.17, 15) is 9.18 Å². The maximum absolute atomic E-state index is 13.8. The zero-order chi connectivity index (χ0) is 13.8. The zero-order valence-electron chi connectivity index (χ0n) is 10.9. The number of carbonyl (C=O) groups is 1. The molecule has 2 rings (SSSR count). The number of hydrogen-bond donors (Lipinski definition) is 0. The number of hydrogen-bond acceptors (Lipinski definition) is 3. The summed E-state index contributed by atoms with van der Waals surface area (Å²) < 4.78 is 13.8. The lowest BCUT2D eigenvalue weighted by molar-refractivity contribution is 0.0647. The largest absolute Gasteiger partial charge is 0.336 e. The minimum absolute atomic E-state index is 0.124. The minimum atomic E-state index is -0.468. The van der Waals surface area contributed by atoms with Gasteiger partial charge in [-0.05, 0) is 24.6 Å². The molecule has 1 amide bonds. The van der Waals surface area contributed by atoms with Crippen molar-refractivity contribution in [2.45, 2.75) is 6.92 Å². The molecule has 1 fully saturated rings. The van der Waals surface area contributed by atoms with Crippen LogP contribution in [-0.4, -0.2) is 48.4 Å². The highest BCUT2D eigenvalue weighted by atomic mass is 19.1. The molecule has 4 nitrogen and oxygen atoms in total. The van der Waals surface area contributed by atoms with Crippen LogP contribution in [0.15, 0.2) is 18.2 Å². The van der Waals surface area contributed by atoms with Crippen molar-refractivity contribution in [3.63, 3.8) is 0 Å². The SMILES string of the molecule is Cc1ccc(C(=O)N2CCN(CC#N)CC2)c(F)c1. The van der Waals surface area contributed by atoms with Gasteiger partial charge in [0.15, 0.2) is 0 Å². The van der Waals surface area contributed by atoms with Crippen LogP contribution in [0, 0.1) is 24.1 Å². The third kappa shape index (κ3) is 3.09. The van der Waals surface area contributed by atoms with Crippen molar-refractivity contribution in [2.75, 3.05) is 32.7 Å². The molecule has 0 aliphatic carbocycles. The summed E-state index contributed by atoms with van der Waals surface area (Å²) in [7, 11) is 0. The summed E-state index contributed by atoms with van der Waals surface area (Å²) >= 11 is 0. The number of carbonyl (C=O) groups excluding carboxylic acids is 1. The van der Waals surface area contributed by atoms with Gasteiger partial charge in [0.1, 0.15) is 5.82 Å². The van der Waals surface area contributed by atoms with Crippen LogP contribution in [-0.2, 0) is 0 Å². The third-order valence-electron chi connectivity index (χ3n) is 3.31. The van der Waals surface area contributed by atoms with Gasteiger partial charge in [0.25, 0.3) is 5.91 Å². The van der Waals surface area contributed by atoms with Gasteiger partial charge in [0.05, 0.1) is 18.2 Å². The Bertz CT molecular complexity index is 516. The monoisotopic (exact) mass is 261 g/mol. The van der Waals surface area contributed by atoms with Crippen LogP contribution >= 0.6 is 0 Å². The lowest BCUT2D eigenvalue weighted by Gasteiger charge is -2.33. The summed E-state index contributed by atoms with van der Waals surface area (Å²) in [4.78, 5) is 15.8. The van der Waals surface area contributed by atoms with Gasteiger partial charge < -0.3 is 4.90 Å². The van der Waals surface area contributed by atoms with E-state index in [-0.39, 0.29) is 11.5 Å². The molecule has 0 unspecified atom stereocenters. The molecule has 1 heterocycles. The summed E-state index contributed by atoms with van der Waals surface area (Å²) in [5.41, 5.74) is 0.923. The Morgan fingerprint density at radius 2 is 2.05 bits per heavy atom. The number of halogens is 1. The van der Waals surface area contributed by atoms with Gasteiger partial charge in [-0.15, -0.1) is 0 Å². The number of benzene rings is 1. The van der Waals surface area contributed by atoms with Crippen LogP contribution in [0.25, 0.3) is 0 Å². The van der Waals surface area contributed by atoms with Crippen LogP contribution in [0.3, 0.4) is 0 Å². The van der Waals surface area contributed by atoms with E-state index >= 15 is 0 Å². The first-order valence-electron chi connectivity index (χ1n) is 6.26. The Labute approximate surface area is 112 Å². The first kappa shape index (κ1) is 13.5. The third-order valence-corrected chi connectivity index (χ3v) is 3.31. The fraction of sp³-hybridized carbons (Fsp3) is 0.429. The molecule has 1 aromatic rings. The van der Waals surface area contributed by atoms with E-state index in [0.717, 1.165) is 5.56 Å². The Morgan fingerprint density at radius 1 is 1.37 bits per heavy atom. The number of nitriles is 1. The number of rotatable bonds is 2. The number of aryl methyl sites for hydroxylation is 1. The molecule has 0 bridgehead atoms. The lowest BCUT2D eigenvalue weighted by Crippen LogP contribution is -2.48. The summed E-state index contributed by atoms with van der Waals surface area (Å²) in [6, 6.07) is 6.74. The smallest absolute Gasteiger partial charge is 0.256 e. The molecule has 1 saturated heterocycles. The molecule has 0 radical (unpaired) electrons. The quantitative estimate of drug-likeness (QED) is 0.756. The van der Waals surface area contributed by atoms with Gasteiger partial charge in [-0.3, -0.25) is 9.69 Å². The minimum Gasteiger partial charge on any atom is -0.336 e. The summed E-state index contributed by atoms with van der Waals surface area (Å²) in [5.74, 6) is -0.737. The van der Waals surface area contributed by atoms with Crippen molar-refractivity contribution in [1.82, 2.24) is 9.80 Å². The fourth-order valence-corrected chi connectivity index (χ4v) is 2.17. The Balaban J connectivity index is 2.03. The Morgan fingerprint density at radius 3 is 2.63 bits per heavy atom. The Kier molecular flexibility index (Phi) is 4.13. The number of amides is 1. The van der Waals surface area contributed by atoms with E-state index < -0.39 is 5.82 Å². The van der Waals surface area contributed by atoms with Crippen molar-refractivity contribution >= 4 is 5.91 Å². The molecule has 0 spiro atoms. The molecule has 0 atom stereocenters. The van der Waals surface area contributed by atoms with Crippen molar-refractivity contribution in [1.29, 1.82) is 5.26 Å². The van der Waals surface area contributed by atoms with E-state index in [1.54, 1.807) is 17.9 Å². The molecule has 0 N–H and O–H groups in total. The number of piperazine rings is 1. The van der Waals surface area contributed by atoms with Gasteiger partial charge in [0, 0.05) is 26.2 Å². The molecular formula is C14H16FN3O. The van der Waals surface area contributed by atoms with E-state index in [0.29, 0.717) is 32.7 Å². The number of nitrogens with zero attached hydrogens (tertiary/aromatic N) is 3. The van der Waals surface area contributed by atoms with E-state index in [4.69, 9.17) is 5.26 Å². The van der Waals surface area contributed by atoms with Crippen LogP contribution in [0.5, 0.6) is 0 Å². The van der Waals surface area contributed by atoms with Gasteiger partial charge >= 0.3 is 0 Å². The molecular weight excluding hydrogens is 245 g/mol. The van der Waals surface area contributed by atoms with Crippen molar-refractivity contribution in [3.05, 3.63) is 35.1 Å². The highest BCUT2D eigenvalue weighted by Crippen LogP contribution is 2.14. The normalized spacial score (nSPS) is 16.2. The van der Waals surface area contributed by atoms with Gasteiger partial charge in [0.2, 0.25) is 0 Å². The zero-order valence-corrected chi connectivity index (χ0v) is 10.9. The Hall–Kier alpha value is -1.93. The molecule has 1 aromatic carbocycles. The summed E-state index contributed by atoms with van der Waals surface area (Å²) in [5, 5.41) is 8.61. The second-order valence-corrected chi connectivity index (χ2v) is 4.71. The van der Waals surface area contributed by atoms with E-state index in [1.165, 1.54) is 12.1 Å². The standard InChI is InChI=1S/C14H16FN3O/c1-11-2-3-12(13(15)10-11)14(19)18-8-6-17(5-4-16)7-9-18/h2-3,10H,5-9H2,1H3. The highest BCUT2D eigenvalue weighted by Gasteiger charge is 2.23. The van der Waals surface area contributed by atoms with E-state index in [1.807, 2.05) is 4.90 Å². The summed E-state index contributed by atoms with van der Waals surface area (Å²) in [6.45, 7) is 4.56. The van der Waals surface area contributed by atoms with Crippen LogP contribution < -0.4 is 0 Å². The first-order valence-corrected chi connectivity index (χ1v) is 6.26. The average molecular weight is 261 g/mol. The average Bonchev–Trinajstić information content (AvgIpc) is 2.39. The van der Waals surface area contributed by atoms with E-state index in [2.05, 4.69) is 6.07 Å². The van der Waals surface area contributed by atoms with Crippen molar-refractivity contribution in [2.24, 2.45) is 0 Å². The molecule has 5 heteroatoms. The molecule has 100 valence electrons. The maximum atomic E-state index is 13.8. The van der Waals surface area contributed by atoms with Gasteiger partial charge in [-0.25, -0.2) is 4.39 Å². The maximum Gasteiger partial charge on any atom is 0.256 e. The van der Waals surface area contributed by atoms with Crippen molar-refractivity contribution < 1.29 is 9.18 Å². The lowest BCUT2D eigenvalue weighted by atomic mass is 10.1. The summed E-state index contributed by atoms with van der Waals surface area (Å²) in [6.07, 6.45) is 0. The molecule has 19 heavy (non-hydrogen) atoms. The first-order chi connectivity index (χ1) is 9.11. The molecule has 0 saturated carbocycles. The second-order valence-electron chi connectivity index (χ2n) is 4.71. The predicted octanol–water partition coefficient (Wildman–Crippen LogP) is 1.42. The van der Waals surface area contributed by atoms with Crippen LogP contribution in [0.2, 0.25) is 0 Å². The highest BCUT2D eigenvalue weighted by molar-refractivity contribution is 5.94.